The Morgan fingerprint density at radius 3 is 1.20 bits per heavy atom. The summed E-state index contributed by atoms with van der Waals surface area (Å²) in [6, 6.07) is -0.689. The fraction of sp³-hybridized carbons (Fsp3) is 0.956. The summed E-state index contributed by atoms with van der Waals surface area (Å²) in [6.07, 6.45) is 40.2. The normalized spacial score (nSPS) is 13.3. The third-order valence-corrected chi connectivity index (χ3v) is 10.7. The summed E-state index contributed by atoms with van der Waals surface area (Å²) in [4.78, 5) is 25.9. The van der Waals surface area contributed by atoms with E-state index in [1.165, 1.54) is 167 Å². The zero-order valence-corrected chi connectivity index (χ0v) is 34.5. The number of ether oxygens (including phenoxy) is 1. The molecule has 0 fully saturated rings. The number of hydrogen-bond donors (Lipinski definition) is 3. The van der Waals surface area contributed by atoms with E-state index < -0.39 is 18.2 Å². The SMILES string of the molecule is CCCCCCCCCCCCCCCCC(=O)OC(CCCCCCCCCC)CC(=O)NC(CO)C(O)CCCCCCCCCCCC. The van der Waals surface area contributed by atoms with Gasteiger partial charge in [-0.3, -0.25) is 9.59 Å². The Morgan fingerprint density at radius 1 is 0.490 bits per heavy atom. The second kappa shape index (κ2) is 40.1. The number of carbonyl (C=O) groups is 2. The van der Waals surface area contributed by atoms with Crippen molar-refractivity contribution in [1.82, 2.24) is 5.32 Å². The van der Waals surface area contributed by atoms with E-state index in [2.05, 4.69) is 26.1 Å². The van der Waals surface area contributed by atoms with Gasteiger partial charge in [-0.15, -0.1) is 0 Å². The van der Waals surface area contributed by atoms with Crippen LogP contribution in [0.1, 0.15) is 252 Å². The predicted octanol–water partition coefficient (Wildman–Crippen LogP) is 12.8. The molecular weight excluding hydrogens is 634 g/mol. The summed E-state index contributed by atoms with van der Waals surface area (Å²) < 4.78 is 5.88. The smallest absolute Gasteiger partial charge is 0.306 e. The lowest BCUT2D eigenvalue weighted by Crippen LogP contribution is -2.46. The van der Waals surface area contributed by atoms with Crippen molar-refractivity contribution in [3.05, 3.63) is 0 Å². The first-order valence-corrected chi connectivity index (χ1v) is 22.8. The summed E-state index contributed by atoms with van der Waals surface area (Å²) in [5.74, 6) is -0.462. The summed E-state index contributed by atoms with van der Waals surface area (Å²) >= 11 is 0. The van der Waals surface area contributed by atoms with Gasteiger partial charge in [0.05, 0.1) is 25.2 Å². The van der Waals surface area contributed by atoms with Gasteiger partial charge in [-0.25, -0.2) is 0 Å². The van der Waals surface area contributed by atoms with E-state index in [1.807, 2.05) is 0 Å². The molecule has 1 amide bonds. The van der Waals surface area contributed by atoms with Crippen LogP contribution in [0.5, 0.6) is 0 Å². The average Bonchev–Trinajstić information content (AvgIpc) is 3.12. The number of carbonyl (C=O) groups excluding carboxylic acids is 2. The van der Waals surface area contributed by atoms with Gasteiger partial charge in [0.25, 0.3) is 0 Å². The first-order chi connectivity index (χ1) is 25.0. The Labute approximate surface area is 317 Å². The highest BCUT2D eigenvalue weighted by Gasteiger charge is 2.24. The molecule has 0 rings (SSSR count). The van der Waals surface area contributed by atoms with Gasteiger partial charge in [-0.1, -0.05) is 213 Å². The van der Waals surface area contributed by atoms with Crippen LogP contribution in [0.4, 0.5) is 0 Å². The van der Waals surface area contributed by atoms with Crippen molar-refractivity contribution in [3.8, 4) is 0 Å². The molecule has 3 unspecified atom stereocenters. The molecule has 0 aromatic heterocycles. The first-order valence-electron chi connectivity index (χ1n) is 22.8. The Kier molecular flexibility index (Phi) is 39.2. The lowest BCUT2D eigenvalue weighted by atomic mass is 10.0. The molecule has 0 aromatic rings. The monoisotopic (exact) mass is 724 g/mol. The molecule has 0 aliphatic rings. The summed E-state index contributed by atoms with van der Waals surface area (Å²) in [7, 11) is 0. The predicted molar refractivity (Wildman–Crippen MR) is 218 cm³/mol. The van der Waals surface area contributed by atoms with Crippen molar-refractivity contribution in [2.45, 2.75) is 270 Å². The number of esters is 1. The highest BCUT2D eigenvalue weighted by molar-refractivity contribution is 5.77. The van der Waals surface area contributed by atoms with Crippen LogP contribution in [0.15, 0.2) is 0 Å². The highest BCUT2D eigenvalue weighted by atomic mass is 16.5. The van der Waals surface area contributed by atoms with Gasteiger partial charge in [0, 0.05) is 6.42 Å². The number of aliphatic hydroxyl groups is 2. The quantitative estimate of drug-likeness (QED) is 0.0431. The molecule has 0 saturated carbocycles. The van der Waals surface area contributed by atoms with Gasteiger partial charge >= 0.3 is 5.97 Å². The van der Waals surface area contributed by atoms with Crippen LogP contribution in [0.25, 0.3) is 0 Å². The minimum Gasteiger partial charge on any atom is -0.462 e. The van der Waals surface area contributed by atoms with Gasteiger partial charge in [0.2, 0.25) is 5.91 Å². The molecule has 6 nitrogen and oxygen atoms in total. The number of nitrogens with one attached hydrogen (secondary N) is 1. The molecule has 51 heavy (non-hydrogen) atoms. The molecule has 0 aliphatic heterocycles. The van der Waals surface area contributed by atoms with Crippen molar-refractivity contribution in [2.75, 3.05) is 6.61 Å². The second-order valence-electron chi connectivity index (χ2n) is 15.8. The lowest BCUT2D eigenvalue weighted by molar-refractivity contribution is -0.151. The molecule has 0 aliphatic carbocycles. The molecule has 0 spiro atoms. The minimum atomic E-state index is -0.776. The van der Waals surface area contributed by atoms with E-state index in [4.69, 9.17) is 4.74 Å². The molecule has 0 radical (unpaired) electrons. The van der Waals surface area contributed by atoms with E-state index >= 15 is 0 Å². The van der Waals surface area contributed by atoms with Gasteiger partial charge in [0.1, 0.15) is 6.10 Å². The number of aliphatic hydroxyl groups excluding tert-OH is 2. The number of amides is 1. The van der Waals surface area contributed by atoms with E-state index in [9.17, 15) is 19.8 Å². The molecule has 3 atom stereocenters. The molecule has 6 heteroatoms. The third-order valence-electron chi connectivity index (χ3n) is 10.7. The maximum Gasteiger partial charge on any atom is 0.306 e. The Morgan fingerprint density at radius 2 is 0.824 bits per heavy atom. The van der Waals surface area contributed by atoms with Crippen LogP contribution in [-0.2, 0) is 14.3 Å². The molecule has 304 valence electrons. The summed E-state index contributed by atoms with van der Waals surface area (Å²) in [5, 5.41) is 23.5. The number of rotatable bonds is 41. The molecule has 0 aromatic carbocycles. The van der Waals surface area contributed by atoms with Crippen LogP contribution in [0.3, 0.4) is 0 Å². The fourth-order valence-corrected chi connectivity index (χ4v) is 7.20. The van der Waals surface area contributed by atoms with Crippen molar-refractivity contribution >= 4 is 11.9 Å². The average molecular weight is 724 g/mol. The van der Waals surface area contributed by atoms with E-state index in [-0.39, 0.29) is 24.9 Å². The van der Waals surface area contributed by atoms with Crippen LogP contribution < -0.4 is 5.32 Å². The fourth-order valence-electron chi connectivity index (χ4n) is 7.20. The van der Waals surface area contributed by atoms with Crippen molar-refractivity contribution in [2.24, 2.45) is 0 Å². The van der Waals surface area contributed by atoms with Crippen LogP contribution >= 0.6 is 0 Å². The van der Waals surface area contributed by atoms with Gasteiger partial charge < -0.3 is 20.3 Å². The maximum atomic E-state index is 13.1. The van der Waals surface area contributed by atoms with Gasteiger partial charge in [-0.2, -0.15) is 0 Å². The molecule has 0 heterocycles. The topological polar surface area (TPSA) is 95.9 Å². The van der Waals surface area contributed by atoms with E-state index in [0.29, 0.717) is 19.3 Å². The Hall–Kier alpha value is -1.14. The zero-order valence-electron chi connectivity index (χ0n) is 34.5. The lowest BCUT2D eigenvalue weighted by Gasteiger charge is -2.24. The Balaban J connectivity index is 4.44. The number of hydrogen-bond acceptors (Lipinski definition) is 5. The first kappa shape index (κ1) is 49.9. The van der Waals surface area contributed by atoms with Crippen LogP contribution in [0, 0.1) is 0 Å². The third kappa shape index (κ3) is 35.6. The van der Waals surface area contributed by atoms with Gasteiger partial charge in [0.15, 0.2) is 0 Å². The maximum absolute atomic E-state index is 13.1. The second-order valence-corrected chi connectivity index (χ2v) is 15.8. The van der Waals surface area contributed by atoms with E-state index in [1.54, 1.807) is 0 Å². The molecular formula is C45H89NO5. The van der Waals surface area contributed by atoms with Crippen LogP contribution in [0.2, 0.25) is 0 Å². The highest BCUT2D eigenvalue weighted by Crippen LogP contribution is 2.18. The largest absolute Gasteiger partial charge is 0.462 e. The molecule has 0 saturated heterocycles. The summed E-state index contributed by atoms with van der Waals surface area (Å²) in [6.45, 7) is 6.45. The van der Waals surface area contributed by atoms with Crippen molar-refractivity contribution in [1.29, 1.82) is 0 Å². The van der Waals surface area contributed by atoms with Crippen molar-refractivity contribution < 1.29 is 24.5 Å². The van der Waals surface area contributed by atoms with Crippen molar-refractivity contribution in [3.63, 3.8) is 0 Å². The zero-order chi connectivity index (χ0) is 37.5. The minimum absolute atomic E-state index is 0.0858. The number of unbranched alkanes of at least 4 members (excludes halogenated alkanes) is 29. The summed E-state index contributed by atoms with van der Waals surface area (Å²) in [5.41, 5.74) is 0. The Bertz CT molecular complexity index is 731. The molecule has 3 N–H and O–H groups in total. The van der Waals surface area contributed by atoms with Crippen LogP contribution in [-0.4, -0.2) is 46.9 Å². The van der Waals surface area contributed by atoms with Gasteiger partial charge in [-0.05, 0) is 25.7 Å². The molecule has 0 bridgehead atoms. The van der Waals surface area contributed by atoms with E-state index in [0.717, 1.165) is 38.5 Å². The standard InChI is InChI=1S/C45H89NO5/c1-4-7-10-13-16-19-21-22-23-24-26-29-32-35-38-45(50)51-41(36-33-30-27-18-15-12-9-6-3)39-44(49)46-42(40-47)43(48)37-34-31-28-25-20-17-14-11-8-5-2/h41-43,47-48H,4-40H2,1-3H3,(H,46,49).